The Labute approximate surface area is 117 Å². The van der Waals surface area contributed by atoms with Crippen molar-refractivity contribution < 1.29 is 0 Å². The van der Waals surface area contributed by atoms with Crippen molar-refractivity contribution in [1.82, 2.24) is 5.32 Å². The maximum atomic E-state index is 3.53. The highest BCUT2D eigenvalue weighted by molar-refractivity contribution is 7.99. The van der Waals surface area contributed by atoms with E-state index >= 15 is 0 Å². The minimum absolute atomic E-state index is 0.243. The second kappa shape index (κ2) is 6.12. The highest BCUT2D eigenvalue weighted by Gasteiger charge is 2.15. The Bertz CT molecular complexity index is 360. The van der Waals surface area contributed by atoms with Crippen LogP contribution in [0.15, 0.2) is 24.3 Å². The van der Waals surface area contributed by atoms with Crippen LogP contribution < -0.4 is 5.32 Å². The monoisotopic (exact) mass is 265 g/mol. The van der Waals surface area contributed by atoms with Gasteiger partial charge in [0.15, 0.2) is 0 Å². The lowest BCUT2D eigenvalue weighted by Gasteiger charge is -2.22. The molecule has 0 unspecified atom stereocenters. The number of hydrogen-bond donors (Lipinski definition) is 1. The second-order valence-corrected chi connectivity index (χ2v) is 8.03. The molecule has 1 N–H and O–H groups in total. The number of thioether (sulfide) groups is 1. The number of nitrogens with one attached hydrogen (secondary N) is 1. The first-order valence-electron chi connectivity index (χ1n) is 6.60. The van der Waals surface area contributed by atoms with Gasteiger partial charge in [0.2, 0.25) is 0 Å². The number of hydrogen-bond acceptors (Lipinski definition) is 2. The molecule has 1 nitrogen and oxygen atoms in total. The Kier molecular flexibility index (Phi) is 5.30. The van der Waals surface area contributed by atoms with Gasteiger partial charge in [-0.1, -0.05) is 45.0 Å². The van der Waals surface area contributed by atoms with Crippen LogP contribution in [-0.2, 0) is 12.0 Å². The van der Waals surface area contributed by atoms with E-state index in [4.69, 9.17) is 0 Å². The summed E-state index contributed by atoms with van der Waals surface area (Å²) < 4.78 is 0.311. The van der Waals surface area contributed by atoms with Gasteiger partial charge in [-0.3, -0.25) is 0 Å². The normalized spacial score (nSPS) is 12.8. The van der Waals surface area contributed by atoms with Crippen molar-refractivity contribution in [3.63, 3.8) is 0 Å². The third-order valence-electron chi connectivity index (χ3n) is 3.25. The minimum atomic E-state index is 0.243. The zero-order chi connectivity index (χ0) is 13.8. The molecule has 0 atom stereocenters. The van der Waals surface area contributed by atoms with Crippen LogP contribution in [0.3, 0.4) is 0 Å². The molecule has 102 valence electrons. The molecule has 0 aromatic heterocycles. The molecule has 0 spiro atoms. The summed E-state index contributed by atoms with van der Waals surface area (Å²) >= 11 is 1.91. The fourth-order valence-electron chi connectivity index (χ4n) is 1.70. The first-order chi connectivity index (χ1) is 8.24. The SMILES string of the molecule is CSC(C)(C)CNCc1ccc(C(C)(C)C)cc1. The molecule has 18 heavy (non-hydrogen) atoms. The fraction of sp³-hybridized carbons (Fsp3) is 0.625. The van der Waals surface area contributed by atoms with Crippen molar-refractivity contribution in [3.05, 3.63) is 35.4 Å². The van der Waals surface area contributed by atoms with Crippen molar-refractivity contribution in [2.24, 2.45) is 0 Å². The van der Waals surface area contributed by atoms with E-state index in [1.165, 1.54) is 11.1 Å². The first-order valence-corrected chi connectivity index (χ1v) is 7.82. The largest absolute Gasteiger partial charge is 0.311 e. The molecule has 0 aliphatic rings. The number of rotatable bonds is 5. The Hall–Kier alpha value is -0.470. The van der Waals surface area contributed by atoms with Crippen LogP contribution in [0.5, 0.6) is 0 Å². The summed E-state index contributed by atoms with van der Waals surface area (Å²) in [6.45, 7) is 13.3. The molecule has 0 saturated heterocycles. The van der Waals surface area contributed by atoms with E-state index in [1.54, 1.807) is 0 Å². The maximum absolute atomic E-state index is 3.53. The standard InChI is InChI=1S/C16H27NS/c1-15(2,3)14-9-7-13(8-10-14)11-17-12-16(4,5)18-6/h7-10,17H,11-12H2,1-6H3. The molecule has 0 radical (unpaired) electrons. The van der Waals surface area contributed by atoms with Crippen LogP contribution in [0.4, 0.5) is 0 Å². The summed E-state index contributed by atoms with van der Waals surface area (Å²) in [5.41, 5.74) is 3.00. The molecule has 1 aromatic carbocycles. The van der Waals surface area contributed by atoms with Crippen molar-refractivity contribution in [2.45, 2.75) is 51.3 Å². The summed E-state index contributed by atoms with van der Waals surface area (Å²) in [6, 6.07) is 8.97. The molecule has 2 heteroatoms. The first kappa shape index (κ1) is 15.6. The predicted molar refractivity (Wildman–Crippen MR) is 84.4 cm³/mol. The van der Waals surface area contributed by atoms with E-state index in [0.717, 1.165) is 13.1 Å². The van der Waals surface area contributed by atoms with Crippen LogP contribution in [-0.4, -0.2) is 17.5 Å². The smallest absolute Gasteiger partial charge is 0.0225 e. The minimum Gasteiger partial charge on any atom is -0.311 e. The Morgan fingerprint density at radius 2 is 1.56 bits per heavy atom. The molecule has 0 aliphatic carbocycles. The highest BCUT2D eigenvalue weighted by atomic mass is 32.2. The average Bonchev–Trinajstić information content (AvgIpc) is 2.28. The third kappa shape index (κ3) is 5.03. The van der Waals surface area contributed by atoms with Gasteiger partial charge in [-0.25, -0.2) is 0 Å². The zero-order valence-electron chi connectivity index (χ0n) is 12.6. The molecule has 0 fully saturated rings. The number of benzene rings is 1. The van der Waals surface area contributed by atoms with E-state index in [1.807, 2.05) is 11.8 Å². The molecule has 1 aromatic rings. The molecule has 0 heterocycles. The van der Waals surface area contributed by atoms with E-state index in [9.17, 15) is 0 Å². The lowest BCUT2D eigenvalue weighted by molar-refractivity contribution is 0.584. The quantitative estimate of drug-likeness (QED) is 0.855. The highest BCUT2D eigenvalue weighted by Crippen LogP contribution is 2.22. The van der Waals surface area contributed by atoms with E-state index in [2.05, 4.69) is 70.5 Å². The molecular formula is C16H27NS. The van der Waals surface area contributed by atoms with Gasteiger partial charge in [0, 0.05) is 17.8 Å². The lowest BCUT2D eigenvalue weighted by Crippen LogP contribution is -2.31. The van der Waals surface area contributed by atoms with Crippen LogP contribution in [0, 0.1) is 0 Å². The molecular weight excluding hydrogens is 238 g/mol. The molecule has 0 saturated carbocycles. The van der Waals surface area contributed by atoms with Gasteiger partial charge >= 0.3 is 0 Å². The molecule has 1 rings (SSSR count). The van der Waals surface area contributed by atoms with Crippen molar-refractivity contribution in [3.8, 4) is 0 Å². The lowest BCUT2D eigenvalue weighted by atomic mass is 9.87. The van der Waals surface area contributed by atoms with E-state index in [-0.39, 0.29) is 5.41 Å². The third-order valence-corrected chi connectivity index (χ3v) is 4.50. The Balaban J connectivity index is 2.50. The van der Waals surface area contributed by atoms with Gasteiger partial charge in [-0.2, -0.15) is 11.8 Å². The summed E-state index contributed by atoms with van der Waals surface area (Å²) in [5, 5.41) is 3.53. The van der Waals surface area contributed by atoms with Gasteiger partial charge in [-0.15, -0.1) is 0 Å². The van der Waals surface area contributed by atoms with Crippen LogP contribution >= 0.6 is 11.8 Å². The van der Waals surface area contributed by atoms with E-state index < -0.39 is 0 Å². The van der Waals surface area contributed by atoms with Crippen molar-refractivity contribution in [2.75, 3.05) is 12.8 Å². The fourth-order valence-corrected chi connectivity index (χ4v) is 1.95. The second-order valence-electron chi connectivity index (χ2n) is 6.51. The van der Waals surface area contributed by atoms with Crippen molar-refractivity contribution >= 4 is 11.8 Å². The molecule has 0 bridgehead atoms. The van der Waals surface area contributed by atoms with Crippen LogP contribution in [0.25, 0.3) is 0 Å². The van der Waals surface area contributed by atoms with Gasteiger partial charge in [-0.05, 0) is 36.6 Å². The predicted octanol–water partition coefficient (Wildman–Crippen LogP) is 4.22. The Morgan fingerprint density at radius 1 is 1.00 bits per heavy atom. The van der Waals surface area contributed by atoms with Gasteiger partial charge in [0.25, 0.3) is 0 Å². The summed E-state index contributed by atoms with van der Waals surface area (Å²) in [5.74, 6) is 0. The summed E-state index contributed by atoms with van der Waals surface area (Å²) in [7, 11) is 0. The van der Waals surface area contributed by atoms with Crippen LogP contribution in [0.2, 0.25) is 0 Å². The van der Waals surface area contributed by atoms with E-state index in [0.29, 0.717) is 4.75 Å². The summed E-state index contributed by atoms with van der Waals surface area (Å²) in [6.07, 6.45) is 2.17. The van der Waals surface area contributed by atoms with Gasteiger partial charge in [0.1, 0.15) is 0 Å². The maximum Gasteiger partial charge on any atom is 0.0225 e. The Morgan fingerprint density at radius 3 is 2.00 bits per heavy atom. The molecule has 0 amide bonds. The topological polar surface area (TPSA) is 12.0 Å². The van der Waals surface area contributed by atoms with Crippen LogP contribution in [0.1, 0.15) is 45.7 Å². The summed E-state index contributed by atoms with van der Waals surface area (Å²) in [4.78, 5) is 0. The average molecular weight is 265 g/mol. The van der Waals surface area contributed by atoms with Gasteiger partial charge < -0.3 is 5.32 Å². The van der Waals surface area contributed by atoms with Crippen molar-refractivity contribution in [1.29, 1.82) is 0 Å². The zero-order valence-corrected chi connectivity index (χ0v) is 13.4. The van der Waals surface area contributed by atoms with Gasteiger partial charge in [0.05, 0.1) is 0 Å². The molecule has 0 aliphatic heterocycles.